The number of rotatable bonds is 7. The van der Waals surface area contributed by atoms with Crippen molar-refractivity contribution in [1.29, 1.82) is 0 Å². The molecule has 1 unspecified atom stereocenters. The van der Waals surface area contributed by atoms with Gasteiger partial charge in [-0.25, -0.2) is 4.79 Å². The normalized spacial score (nSPS) is 17.6. The standard InChI is InChI=1S/C17H20N2O8/c1-4-24-17(20)12-6-9(27-19-12)5-10-11(7-18-21)14(23-3)16-15(13(10)22-2)25-8-26-16/h7,9,21H,4-6,8H2,1-3H3. The van der Waals surface area contributed by atoms with E-state index in [1.165, 1.54) is 20.4 Å². The molecule has 0 saturated heterocycles. The highest BCUT2D eigenvalue weighted by Gasteiger charge is 2.34. The van der Waals surface area contributed by atoms with Crippen LogP contribution in [0, 0.1) is 0 Å². The van der Waals surface area contributed by atoms with Crippen LogP contribution in [0.1, 0.15) is 24.5 Å². The molecule has 0 spiro atoms. The van der Waals surface area contributed by atoms with Gasteiger partial charge in [-0.1, -0.05) is 10.3 Å². The minimum Gasteiger partial charge on any atom is -0.492 e. The number of nitrogens with zero attached hydrogens (tertiary/aromatic N) is 2. The average molecular weight is 380 g/mol. The molecule has 0 amide bonds. The van der Waals surface area contributed by atoms with Crippen LogP contribution in [-0.2, 0) is 20.8 Å². The second-order valence-electron chi connectivity index (χ2n) is 5.66. The number of carbonyl (C=O) groups is 1. The second-order valence-corrected chi connectivity index (χ2v) is 5.66. The van der Waals surface area contributed by atoms with Crippen LogP contribution in [0.5, 0.6) is 23.0 Å². The van der Waals surface area contributed by atoms with Crippen LogP contribution < -0.4 is 18.9 Å². The second kappa shape index (κ2) is 8.02. The van der Waals surface area contributed by atoms with Crippen LogP contribution >= 0.6 is 0 Å². The SMILES string of the molecule is CCOC(=O)C1=NOC(Cc2c(C=NO)c(OC)c3c(c2OC)OCO3)C1. The Morgan fingerprint density at radius 2 is 2.00 bits per heavy atom. The van der Waals surface area contributed by atoms with Crippen LogP contribution in [0.15, 0.2) is 10.3 Å². The van der Waals surface area contributed by atoms with Crippen LogP contribution in [-0.4, -0.2) is 56.8 Å². The van der Waals surface area contributed by atoms with Crippen molar-refractivity contribution in [3.63, 3.8) is 0 Å². The zero-order valence-electron chi connectivity index (χ0n) is 15.2. The van der Waals surface area contributed by atoms with Crippen LogP contribution in [0.4, 0.5) is 0 Å². The Kier molecular flexibility index (Phi) is 5.53. The molecule has 0 aromatic heterocycles. The summed E-state index contributed by atoms with van der Waals surface area (Å²) in [5.41, 5.74) is 1.28. The molecular formula is C17H20N2O8. The number of oxime groups is 2. The Morgan fingerprint density at radius 3 is 2.63 bits per heavy atom. The van der Waals surface area contributed by atoms with E-state index >= 15 is 0 Å². The van der Waals surface area contributed by atoms with Gasteiger partial charge in [0.2, 0.25) is 18.3 Å². The van der Waals surface area contributed by atoms with E-state index < -0.39 is 12.1 Å². The molecule has 0 bridgehead atoms. The van der Waals surface area contributed by atoms with Crippen LogP contribution in [0.2, 0.25) is 0 Å². The molecule has 1 aromatic rings. The molecule has 1 atom stereocenters. The van der Waals surface area contributed by atoms with Gasteiger partial charge in [-0.2, -0.15) is 0 Å². The zero-order chi connectivity index (χ0) is 19.4. The van der Waals surface area contributed by atoms with Crippen molar-refractivity contribution >= 4 is 17.9 Å². The topological polar surface area (TPSA) is 117 Å². The highest BCUT2D eigenvalue weighted by atomic mass is 16.7. The molecular weight excluding hydrogens is 360 g/mol. The maximum absolute atomic E-state index is 11.8. The molecule has 0 aliphatic carbocycles. The van der Waals surface area contributed by atoms with Gasteiger partial charge in [0.15, 0.2) is 17.2 Å². The van der Waals surface area contributed by atoms with Gasteiger partial charge in [0, 0.05) is 24.0 Å². The highest BCUT2D eigenvalue weighted by molar-refractivity contribution is 6.36. The lowest BCUT2D eigenvalue weighted by atomic mass is 9.96. The molecule has 3 rings (SSSR count). The first-order chi connectivity index (χ1) is 13.1. The summed E-state index contributed by atoms with van der Waals surface area (Å²) in [5.74, 6) is 1.01. The molecule has 1 N–H and O–H groups in total. The van der Waals surface area contributed by atoms with Crippen LogP contribution in [0.25, 0.3) is 0 Å². The van der Waals surface area contributed by atoms with Gasteiger partial charge in [-0.15, -0.1) is 0 Å². The van der Waals surface area contributed by atoms with E-state index in [0.717, 1.165) is 0 Å². The molecule has 10 nitrogen and oxygen atoms in total. The maximum Gasteiger partial charge on any atom is 0.356 e. The van der Waals surface area contributed by atoms with Gasteiger partial charge in [-0.05, 0) is 6.92 Å². The zero-order valence-corrected chi connectivity index (χ0v) is 15.2. The molecule has 2 heterocycles. The minimum atomic E-state index is -0.507. The summed E-state index contributed by atoms with van der Waals surface area (Å²) < 4.78 is 26.9. The Balaban J connectivity index is 1.94. The van der Waals surface area contributed by atoms with E-state index in [2.05, 4.69) is 10.3 Å². The van der Waals surface area contributed by atoms with Crippen molar-refractivity contribution in [2.75, 3.05) is 27.6 Å². The molecule has 1 aromatic carbocycles. The van der Waals surface area contributed by atoms with E-state index in [-0.39, 0.29) is 25.5 Å². The summed E-state index contributed by atoms with van der Waals surface area (Å²) in [6, 6.07) is 0. The van der Waals surface area contributed by atoms with Crippen molar-refractivity contribution in [3.05, 3.63) is 11.1 Å². The molecule has 27 heavy (non-hydrogen) atoms. The van der Waals surface area contributed by atoms with Crippen molar-refractivity contribution < 1.29 is 38.5 Å². The van der Waals surface area contributed by atoms with Crippen molar-refractivity contribution in [3.8, 4) is 23.0 Å². The molecule has 0 radical (unpaired) electrons. The van der Waals surface area contributed by atoms with Crippen molar-refractivity contribution in [2.45, 2.75) is 25.9 Å². The average Bonchev–Trinajstić information content (AvgIpc) is 3.32. The van der Waals surface area contributed by atoms with E-state index in [9.17, 15) is 4.79 Å². The number of fused-ring (bicyclic) bond motifs is 1. The van der Waals surface area contributed by atoms with E-state index in [0.29, 0.717) is 40.5 Å². The predicted molar refractivity (Wildman–Crippen MR) is 92.3 cm³/mol. The largest absolute Gasteiger partial charge is 0.492 e. The summed E-state index contributed by atoms with van der Waals surface area (Å²) in [7, 11) is 2.96. The third-order valence-corrected chi connectivity index (χ3v) is 4.14. The summed E-state index contributed by atoms with van der Waals surface area (Å²) in [6.07, 6.45) is 1.35. The monoisotopic (exact) mass is 380 g/mol. The summed E-state index contributed by atoms with van der Waals surface area (Å²) in [4.78, 5) is 17.2. The van der Waals surface area contributed by atoms with Crippen molar-refractivity contribution in [1.82, 2.24) is 0 Å². The lowest BCUT2D eigenvalue weighted by Crippen LogP contribution is -2.20. The smallest absolute Gasteiger partial charge is 0.356 e. The van der Waals surface area contributed by atoms with Crippen LogP contribution in [0.3, 0.4) is 0 Å². The molecule has 2 aliphatic rings. The highest BCUT2D eigenvalue weighted by Crippen LogP contribution is 2.52. The number of hydrogen-bond donors (Lipinski definition) is 1. The molecule has 146 valence electrons. The molecule has 0 fully saturated rings. The number of hydrogen-bond acceptors (Lipinski definition) is 10. The van der Waals surface area contributed by atoms with Crippen molar-refractivity contribution in [2.24, 2.45) is 10.3 Å². The van der Waals surface area contributed by atoms with Gasteiger partial charge in [0.25, 0.3) is 0 Å². The number of ether oxygens (including phenoxy) is 5. The number of methoxy groups -OCH3 is 2. The van der Waals surface area contributed by atoms with Gasteiger partial charge in [0.05, 0.1) is 27.0 Å². The predicted octanol–water partition coefficient (Wildman–Crippen LogP) is 1.49. The Bertz CT molecular complexity index is 790. The van der Waals surface area contributed by atoms with Gasteiger partial charge in [-0.3, -0.25) is 0 Å². The fourth-order valence-electron chi connectivity index (χ4n) is 3.05. The number of esters is 1. The lowest BCUT2D eigenvalue weighted by molar-refractivity contribution is -0.135. The van der Waals surface area contributed by atoms with Gasteiger partial charge in [0.1, 0.15) is 6.10 Å². The van der Waals surface area contributed by atoms with E-state index in [4.69, 9.17) is 33.7 Å². The Hall–Kier alpha value is -3.17. The first-order valence-electron chi connectivity index (χ1n) is 8.28. The van der Waals surface area contributed by atoms with E-state index in [1.807, 2.05) is 0 Å². The quantitative estimate of drug-likeness (QED) is 0.327. The third-order valence-electron chi connectivity index (χ3n) is 4.14. The Morgan fingerprint density at radius 1 is 1.30 bits per heavy atom. The molecule has 10 heteroatoms. The first-order valence-corrected chi connectivity index (χ1v) is 8.28. The minimum absolute atomic E-state index is 0.0112. The van der Waals surface area contributed by atoms with Gasteiger partial charge >= 0.3 is 5.97 Å². The summed E-state index contributed by atoms with van der Waals surface area (Å²) >= 11 is 0. The Labute approximate surface area is 155 Å². The van der Waals surface area contributed by atoms with E-state index in [1.54, 1.807) is 6.92 Å². The van der Waals surface area contributed by atoms with Gasteiger partial charge < -0.3 is 33.7 Å². The summed E-state index contributed by atoms with van der Waals surface area (Å²) in [6.45, 7) is 1.99. The first kappa shape index (κ1) is 18.6. The fraction of sp³-hybridized carbons (Fsp3) is 0.471. The fourth-order valence-corrected chi connectivity index (χ4v) is 3.05. The molecule has 2 aliphatic heterocycles. The molecule has 0 saturated carbocycles. The number of benzene rings is 1. The summed E-state index contributed by atoms with van der Waals surface area (Å²) in [5, 5.41) is 16.0. The maximum atomic E-state index is 11.8. The lowest BCUT2D eigenvalue weighted by Gasteiger charge is -2.19. The third kappa shape index (κ3) is 3.42. The number of carbonyl (C=O) groups excluding carboxylic acids is 1.